The van der Waals surface area contributed by atoms with E-state index >= 15 is 0 Å². The summed E-state index contributed by atoms with van der Waals surface area (Å²) in [6, 6.07) is 10.7. The van der Waals surface area contributed by atoms with Gasteiger partial charge in [-0.05, 0) is 37.6 Å². The summed E-state index contributed by atoms with van der Waals surface area (Å²) in [5, 5.41) is 21.2. The number of phenolic OH excluding ortho intramolecular Hbond substituents is 1. The Morgan fingerprint density at radius 3 is 2.65 bits per heavy atom. The SMILES string of the molecule is CCCc1c(OCC(O)CSc2ccccc2Cl)ccc(C(C)=O)c1O. The molecular weight excluding hydrogens is 372 g/mol. The van der Waals surface area contributed by atoms with Crippen LogP contribution in [0.25, 0.3) is 0 Å². The highest BCUT2D eigenvalue weighted by molar-refractivity contribution is 7.99. The Hall–Kier alpha value is -1.69. The number of carbonyl (C=O) groups is 1. The number of thioether (sulfide) groups is 1. The molecule has 140 valence electrons. The molecule has 2 aromatic rings. The molecule has 1 unspecified atom stereocenters. The van der Waals surface area contributed by atoms with Crippen LogP contribution in [0, 0.1) is 0 Å². The van der Waals surface area contributed by atoms with E-state index in [2.05, 4.69) is 0 Å². The second kappa shape index (κ2) is 9.86. The molecule has 2 N–H and O–H groups in total. The van der Waals surface area contributed by atoms with Gasteiger partial charge in [0.05, 0.1) is 16.7 Å². The highest BCUT2D eigenvalue weighted by Crippen LogP contribution is 2.33. The van der Waals surface area contributed by atoms with Crippen LogP contribution in [0.15, 0.2) is 41.3 Å². The number of aromatic hydroxyl groups is 1. The molecule has 0 aromatic heterocycles. The second-order valence-corrected chi connectivity index (χ2v) is 7.42. The lowest BCUT2D eigenvalue weighted by Crippen LogP contribution is -2.20. The molecule has 0 fully saturated rings. The lowest BCUT2D eigenvalue weighted by molar-refractivity contribution is 0.101. The number of phenols is 1. The van der Waals surface area contributed by atoms with Gasteiger partial charge in [0.2, 0.25) is 0 Å². The molecule has 1 atom stereocenters. The number of halogens is 1. The molecular formula is C20H23ClO4S. The van der Waals surface area contributed by atoms with Crippen molar-refractivity contribution in [3.05, 3.63) is 52.5 Å². The van der Waals surface area contributed by atoms with Gasteiger partial charge >= 0.3 is 0 Å². The highest BCUT2D eigenvalue weighted by Gasteiger charge is 2.17. The molecule has 0 spiro atoms. The second-order valence-electron chi connectivity index (χ2n) is 5.95. The zero-order valence-corrected chi connectivity index (χ0v) is 16.4. The van der Waals surface area contributed by atoms with Crippen LogP contribution in [0.2, 0.25) is 5.02 Å². The van der Waals surface area contributed by atoms with Gasteiger partial charge in [0.15, 0.2) is 5.78 Å². The monoisotopic (exact) mass is 394 g/mol. The fourth-order valence-corrected chi connectivity index (χ4v) is 3.66. The molecule has 4 nitrogen and oxygen atoms in total. The third-order valence-corrected chi connectivity index (χ3v) is 5.48. The van der Waals surface area contributed by atoms with E-state index < -0.39 is 6.10 Å². The van der Waals surface area contributed by atoms with Gasteiger partial charge in [0, 0.05) is 16.2 Å². The molecule has 0 saturated heterocycles. The van der Waals surface area contributed by atoms with Crippen molar-refractivity contribution >= 4 is 29.1 Å². The number of carbonyl (C=O) groups excluding carboxylic acids is 1. The molecule has 0 bridgehead atoms. The van der Waals surface area contributed by atoms with Gasteiger partial charge in [-0.25, -0.2) is 0 Å². The molecule has 0 saturated carbocycles. The van der Waals surface area contributed by atoms with Crippen LogP contribution in [-0.4, -0.2) is 34.5 Å². The topological polar surface area (TPSA) is 66.8 Å². The van der Waals surface area contributed by atoms with E-state index in [4.69, 9.17) is 16.3 Å². The van der Waals surface area contributed by atoms with Gasteiger partial charge in [-0.2, -0.15) is 0 Å². The van der Waals surface area contributed by atoms with Crippen molar-refractivity contribution in [1.29, 1.82) is 0 Å². The largest absolute Gasteiger partial charge is 0.507 e. The van der Waals surface area contributed by atoms with Crippen molar-refractivity contribution in [2.45, 2.75) is 37.7 Å². The quantitative estimate of drug-likeness (QED) is 0.475. The van der Waals surface area contributed by atoms with Crippen LogP contribution in [0.4, 0.5) is 0 Å². The number of hydrogen-bond acceptors (Lipinski definition) is 5. The number of benzene rings is 2. The summed E-state index contributed by atoms with van der Waals surface area (Å²) in [6.45, 7) is 3.49. The minimum atomic E-state index is -0.694. The number of rotatable bonds is 9. The predicted octanol–water partition coefficient (Wildman–Crippen LogP) is 4.73. The number of hydrogen-bond donors (Lipinski definition) is 2. The highest BCUT2D eigenvalue weighted by atomic mass is 35.5. The summed E-state index contributed by atoms with van der Waals surface area (Å²) >= 11 is 7.56. The summed E-state index contributed by atoms with van der Waals surface area (Å²) in [7, 11) is 0. The van der Waals surface area contributed by atoms with Gasteiger partial charge in [-0.15, -0.1) is 11.8 Å². The number of aliphatic hydroxyl groups excluding tert-OH is 1. The smallest absolute Gasteiger partial charge is 0.163 e. The Morgan fingerprint density at radius 2 is 2.00 bits per heavy atom. The van der Waals surface area contributed by atoms with Crippen molar-refractivity contribution < 1.29 is 19.7 Å². The zero-order valence-electron chi connectivity index (χ0n) is 14.9. The first kappa shape index (κ1) is 20.6. The standard InChI is InChI=1S/C20H23ClO4S/c1-3-6-16-18(10-9-15(13(2)22)20(16)24)25-11-14(23)12-26-19-8-5-4-7-17(19)21/h4-5,7-10,14,23-24H,3,6,11-12H2,1-2H3. The minimum Gasteiger partial charge on any atom is -0.507 e. The first-order valence-electron chi connectivity index (χ1n) is 8.48. The normalized spacial score (nSPS) is 12.0. The van der Waals surface area contributed by atoms with Crippen LogP contribution >= 0.6 is 23.4 Å². The molecule has 0 aliphatic carbocycles. The number of Topliss-reactive ketones (excluding diaryl/α,β-unsaturated/α-hetero) is 1. The van der Waals surface area contributed by atoms with Gasteiger partial charge in [-0.1, -0.05) is 37.1 Å². The van der Waals surface area contributed by atoms with Gasteiger partial charge in [-0.3, -0.25) is 4.79 Å². The van der Waals surface area contributed by atoms with E-state index in [9.17, 15) is 15.0 Å². The van der Waals surface area contributed by atoms with E-state index in [1.54, 1.807) is 12.1 Å². The van der Waals surface area contributed by atoms with E-state index in [-0.39, 0.29) is 23.7 Å². The van der Waals surface area contributed by atoms with Crippen molar-refractivity contribution in [2.24, 2.45) is 0 Å². The summed E-state index contributed by atoms with van der Waals surface area (Å²) in [5.41, 5.74) is 0.891. The summed E-state index contributed by atoms with van der Waals surface area (Å²) in [5.74, 6) is 0.708. The van der Waals surface area contributed by atoms with Crippen LogP contribution in [-0.2, 0) is 6.42 Å². The third-order valence-electron chi connectivity index (χ3n) is 3.82. The fraction of sp³-hybridized carbons (Fsp3) is 0.350. The molecule has 26 heavy (non-hydrogen) atoms. The molecule has 0 aliphatic heterocycles. The van der Waals surface area contributed by atoms with Crippen LogP contribution in [0.1, 0.15) is 36.2 Å². The van der Waals surface area contributed by atoms with Crippen molar-refractivity contribution in [1.82, 2.24) is 0 Å². The molecule has 0 radical (unpaired) electrons. The van der Waals surface area contributed by atoms with E-state index in [1.165, 1.54) is 18.7 Å². The van der Waals surface area contributed by atoms with Crippen molar-refractivity contribution in [2.75, 3.05) is 12.4 Å². The maximum atomic E-state index is 11.6. The summed E-state index contributed by atoms with van der Waals surface area (Å²) in [6.07, 6.45) is 0.698. The summed E-state index contributed by atoms with van der Waals surface area (Å²) < 4.78 is 5.72. The van der Waals surface area contributed by atoms with Crippen molar-refractivity contribution in [3.63, 3.8) is 0 Å². The van der Waals surface area contributed by atoms with E-state index in [1.807, 2.05) is 31.2 Å². The third kappa shape index (κ3) is 5.40. The van der Waals surface area contributed by atoms with Crippen LogP contribution in [0.5, 0.6) is 11.5 Å². The molecule has 0 heterocycles. The van der Waals surface area contributed by atoms with Crippen LogP contribution in [0.3, 0.4) is 0 Å². The Kier molecular flexibility index (Phi) is 7.82. The average molecular weight is 395 g/mol. The number of aliphatic hydroxyl groups is 1. The first-order valence-corrected chi connectivity index (χ1v) is 9.84. The molecule has 0 amide bonds. The lowest BCUT2D eigenvalue weighted by Gasteiger charge is -2.17. The Balaban J connectivity index is 2.00. The number of ether oxygens (including phenoxy) is 1. The van der Waals surface area contributed by atoms with Gasteiger partial charge < -0.3 is 14.9 Å². The molecule has 2 rings (SSSR count). The average Bonchev–Trinajstić information content (AvgIpc) is 2.61. The van der Waals surface area contributed by atoms with E-state index in [0.717, 1.165) is 11.3 Å². The fourth-order valence-electron chi connectivity index (χ4n) is 2.51. The molecule has 2 aromatic carbocycles. The maximum Gasteiger partial charge on any atom is 0.163 e. The zero-order chi connectivity index (χ0) is 19.1. The Morgan fingerprint density at radius 1 is 1.27 bits per heavy atom. The predicted molar refractivity (Wildman–Crippen MR) is 106 cm³/mol. The summed E-state index contributed by atoms with van der Waals surface area (Å²) in [4.78, 5) is 12.5. The van der Waals surface area contributed by atoms with Gasteiger partial charge in [0.25, 0.3) is 0 Å². The van der Waals surface area contributed by atoms with Crippen LogP contribution < -0.4 is 4.74 Å². The first-order chi connectivity index (χ1) is 12.4. The Bertz CT molecular complexity index is 763. The van der Waals surface area contributed by atoms with E-state index in [0.29, 0.717) is 28.5 Å². The van der Waals surface area contributed by atoms with Gasteiger partial charge in [0.1, 0.15) is 18.1 Å². The molecule has 0 aliphatic rings. The Labute approximate surface area is 163 Å². The number of ketones is 1. The lowest BCUT2D eigenvalue weighted by atomic mass is 10.0. The minimum absolute atomic E-state index is 0.0308. The maximum absolute atomic E-state index is 11.6. The molecule has 6 heteroatoms. The van der Waals surface area contributed by atoms with Crippen molar-refractivity contribution in [3.8, 4) is 11.5 Å².